The Labute approximate surface area is 133 Å². The van der Waals surface area contributed by atoms with Crippen LogP contribution in [-0.2, 0) is 0 Å². The van der Waals surface area contributed by atoms with Crippen molar-refractivity contribution >= 4 is 33.9 Å². The van der Waals surface area contributed by atoms with E-state index in [2.05, 4.69) is 10.3 Å². The molecule has 3 aromatic rings. The van der Waals surface area contributed by atoms with Crippen LogP contribution in [0.1, 0.15) is 0 Å². The highest BCUT2D eigenvalue weighted by molar-refractivity contribution is 6.30. The minimum atomic E-state index is 0.658. The Bertz CT molecular complexity index is 804. The second-order valence-electron chi connectivity index (χ2n) is 4.71. The average molecular weight is 315 g/mol. The van der Waals surface area contributed by atoms with Crippen molar-refractivity contribution in [2.75, 3.05) is 19.5 Å². The molecule has 22 heavy (non-hydrogen) atoms. The maximum Gasteiger partial charge on any atom is 0.162 e. The molecule has 0 fully saturated rings. The van der Waals surface area contributed by atoms with Crippen LogP contribution in [0.25, 0.3) is 10.9 Å². The first kappa shape index (κ1) is 14.5. The molecule has 112 valence electrons. The lowest BCUT2D eigenvalue weighted by molar-refractivity contribution is 0.356. The molecule has 1 N–H and O–H groups in total. The molecule has 0 bridgehead atoms. The smallest absolute Gasteiger partial charge is 0.162 e. The SMILES string of the molecule is COc1cc2nccc(Nc3ccc(Cl)cc3)c2cc1OC. The summed E-state index contributed by atoms with van der Waals surface area (Å²) < 4.78 is 10.7. The molecular formula is C17H15ClN2O2. The van der Waals surface area contributed by atoms with Crippen LogP contribution >= 0.6 is 11.6 Å². The number of ether oxygens (including phenoxy) is 2. The maximum absolute atomic E-state index is 5.91. The van der Waals surface area contributed by atoms with Crippen LogP contribution in [0.3, 0.4) is 0 Å². The van der Waals surface area contributed by atoms with Crippen molar-refractivity contribution in [2.45, 2.75) is 0 Å². The van der Waals surface area contributed by atoms with Gasteiger partial charge in [-0.2, -0.15) is 0 Å². The molecule has 3 rings (SSSR count). The van der Waals surface area contributed by atoms with Crippen LogP contribution in [0.4, 0.5) is 11.4 Å². The van der Waals surface area contributed by atoms with Gasteiger partial charge >= 0.3 is 0 Å². The summed E-state index contributed by atoms with van der Waals surface area (Å²) in [5, 5.41) is 5.03. The predicted octanol–water partition coefficient (Wildman–Crippen LogP) is 4.65. The molecule has 0 saturated carbocycles. The number of rotatable bonds is 4. The Morgan fingerprint density at radius 2 is 1.64 bits per heavy atom. The third-order valence-electron chi connectivity index (χ3n) is 3.37. The normalized spacial score (nSPS) is 10.5. The molecule has 0 spiro atoms. The van der Waals surface area contributed by atoms with Crippen molar-refractivity contribution in [3.05, 3.63) is 53.7 Å². The van der Waals surface area contributed by atoms with E-state index in [1.807, 2.05) is 42.5 Å². The van der Waals surface area contributed by atoms with E-state index < -0.39 is 0 Å². The van der Waals surface area contributed by atoms with Crippen LogP contribution in [0.15, 0.2) is 48.7 Å². The Kier molecular flexibility index (Phi) is 4.02. The van der Waals surface area contributed by atoms with Crippen molar-refractivity contribution in [3.8, 4) is 11.5 Å². The van der Waals surface area contributed by atoms with Crippen molar-refractivity contribution < 1.29 is 9.47 Å². The third kappa shape index (κ3) is 2.78. The first-order valence-electron chi connectivity index (χ1n) is 6.74. The number of nitrogens with zero attached hydrogens (tertiary/aromatic N) is 1. The van der Waals surface area contributed by atoms with Gasteiger partial charge in [-0.15, -0.1) is 0 Å². The molecule has 5 heteroatoms. The summed E-state index contributed by atoms with van der Waals surface area (Å²) in [6, 6.07) is 13.2. The van der Waals surface area contributed by atoms with Gasteiger partial charge in [-0.1, -0.05) is 11.6 Å². The van der Waals surface area contributed by atoms with Gasteiger partial charge in [-0.05, 0) is 36.4 Å². The summed E-state index contributed by atoms with van der Waals surface area (Å²) in [5.74, 6) is 1.33. The minimum Gasteiger partial charge on any atom is -0.493 e. The summed E-state index contributed by atoms with van der Waals surface area (Å²) in [6.07, 6.45) is 1.76. The number of hydrogen-bond acceptors (Lipinski definition) is 4. The lowest BCUT2D eigenvalue weighted by atomic mass is 10.1. The largest absolute Gasteiger partial charge is 0.493 e. The lowest BCUT2D eigenvalue weighted by Gasteiger charge is -2.13. The number of nitrogens with one attached hydrogen (secondary N) is 1. The van der Waals surface area contributed by atoms with Crippen LogP contribution in [-0.4, -0.2) is 19.2 Å². The predicted molar refractivity (Wildman–Crippen MR) is 89.6 cm³/mol. The van der Waals surface area contributed by atoms with Gasteiger partial charge < -0.3 is 14.8 Å². The summed E-state index contributed by atoms with van der Waals surface area (Å²) in [4.78, 5) is 4.38. The fraction of sp³-hybridized carbons (Fsp3) is 0.118. The highest BCUT2D eigenvalue weighted by Gasteiger charge is 2.10. The molecule has 1 aromatic heterocycles. The van der Waals surface area contributed by atoms with Gasteiger partial charge in [0.05, 0.1) is 19.7 Å². The fourth-order valence-corrected chi connectivity index (χ4v) is 2.40. The van der Waals surface area contributed by atoms with Crippen molar-refractivity contribution in [1.82, 2.24) is 4.98 Å². The third-order valence-corrected chi connectivity index (χ3v) is 3.62. The Morgan fingerprint density at radius 3 is 2.32 bits per heavy atom. The number of fused-ring (bicyclic) bond motifs is 1. The number of benzene rings is 2. The quantitative estimate of drug-likeness (QED) is 0.761. The van der Waals surface area contributed by atoms with Gasteiger partial charge in [0.15, 0.2) is 11.5 Å². The van der Waals surface area contributed by atoms with Crippen LogP contribution < -0.4 is 14.8 Å². The number of pyridine rings is 1. The van der Waals surface area contributed by atoms with E-state index in [-0.39, 0.29) is 0 Å². The molecule has 0 atom stereocenters. The first-order valence-corrected chi connectivity index (χ1v) is 7.12. The number of aromatic nitrogens is 1. The summed E-state index contributed by atoms with van der Waals surface area (Å²) >= 11 is 5.91. The minimum absolute atomic E-state index is 0.658. The van der Waals surface area contributed by atoms with Gasteiger partial charge in [0, 0.05) is 34.0 Å². The molecule has 1 heterocycles. The summed E-state index contributed by atoms with van der Waals surface area (Å²) in [7, 11) is 3.23. The van der Waals surface area contributed by atoms with Crippen molar-refractivity contribution in [3.63, 3.8) is 0 Å². The monoisotopic (exact) mass is 314 g/mol. The van der Waals surface area contributed by atoms with E-state index in [0.717, 1.165) is 22.3 Å². The number of anilines is 2. The fourth-order valence-electron chi connectivity index (χ4n) is 2.27. The molecule has 0 aliphatic carbocycles. The van der Waals surface area contributed by atoms with Gasteiger partial charge in [0.25, 0.3) is 0 Å². The van der Waals surface area contributed by atoms with Gasteiger partial charge in [-0.3, -0.25) is 4.98 Å². The standard InChI is InChI=1S/C17H15ClN2O2/c1-21-16-9-13-14(20-12-5-3-11(18)4-6-12)7-8-19-15(13)10-17(16)22-2/h3-10H,1-2H3,(H,19,20). The van der Waals surface area contributed by atoms with E-state index in [1.54, 1.807) is 20.4 Å². The van der Waals surface area contributed by atoms with Gasteiger partial charge in [-0.25, -0.2) is 0 Å². The molecule has 0 amide bonds. The molecule has 0 aliphatic rings. The number of hydrogen-bond donors (Lipinski definition) is 1. The van der Waals surface area contributed by atoms with E-state index in [9.17, 15) is 0 Å². The Balaban J connectivity index is 2.07. The molecule has 2 aromatic carbocycles. The molecule has 0 aliphatic heterocycles. The van der Waals surface area contributed by atoms with E-state index in [0.29, 0.717) is 16.5 Å². The van der Waals surface area contributed by atoms with E-state index >= 15 is 0 Å². The van der Waals surface area contributed by atoms with Crippen LogP contribution in [0, 0.1) is 0 Å². The zero-order chi connectivity index (χ0) is 15.5. The van der Waals surface area contributed by atoms with Gasteiger partial charge in [0.2, 0.25) is 0 Å². The van der Waals surface area contributed by atoms with Crippen LogP contribution in [0.2, 0.25) is 5.02 Å². The molecule has 4 nitrogen and oxygen atoms in total. The summed E-state index contributed by atoms with van der Waals surface area (Å²) in [5.41, 5.74) is 2.72. The molecule has 0 radical (unpaired) electrons. The second-order valence-corrected chi connectivity index (χ2v) is 5.15. The highest BCUT2D eigenvalue weighted by atomic mass is 35.5. The zero-order valence-electron chi connectivity index (χ0n) is 12.3. The number of methoxy groups -OCH3 is 2. The molecule has 0 saturated heterocycles. The maximum atomic E-state index is 5.91. The van der Waals surface area contributed by atoms with Gasteiger partial charge in [0.1, 0.15) is 0 Å². The zero-order valence-corrected chi connectivity index (χ0v) is 13.0. The Hall–Kier alpha value is -2.46. The average Bonchev–Trinajstić information content (AvgIpc) is 2.56. The topological polar surface area (TPSA) is 43.4 Å². The molecule has 0 unspecified atom stereocenters. The highest BCUT2D eigenvalue weighted by Crippen LogP contribution is 2.35. The Morgan fingerprint density at radius 1 is 0.955 bits per heavy atom. The van der Waals surface area contributed by atoms with Crippen LogP contribution in [0.5, 0.6) is 11.5 Å². The lowest BCUT2D eigenvalue weighted by Crippen LogP contribution is -1.95. The number of halogens is 1. The van der Waals surface area contributed by atoms with E-state index in [4.69, 9.17) is 21.1 Å². The molecular weight excluding hydrogens is 300 g/mol. The first-order chi connectivity index (χ1) is 10.7. The van der Waals surface area contributed by atoms with Crippen molar-refractivity contribution in [1.29, 1.82) is 0 Å². The van der Waals surface area contributed by atoms with E-state index in [1.165, 1.54) is 0 Å². The summed E-state index contributed by atoms with van der Waals surface area (Å²) in [6.45, 7) is 0. The van der Waals surface area contributed by atoms with Crippen molar-refractivity contribution in [2.24, 2.45) is 0 Å². The second kappa shape index (κ2) is 6.12.